The molecular weight excluding hydrogens is 612 g/mol. The molecule has 1 aromatic carbocycles. The van der Waals surface area contributed by atoms with Crippen LogP contribution in [0.4, 0.5) is 21.9 Å². The van der Waals surface area contributed by atoms with Crippen molar-refractivity contribution in [3.05, 3.63) is 47.1 Å². The number of allylic oxidation sites excluding steroid dienone is 2. The first-order chi connectivity index (χ1) is 19.1. The van der Waals surface area contributed by atoms with Gasteiger partial charge in [0, 0.05) is 31.8 Å². The van der Waals surface area contributed by atoms with E-state index in [0.29, 0.717) is 30.2 Å². The van der Waals surface area contributed by atoms with Crippen molar-refractivity contribution in [2.75, 3.05) is 48.3 Å². The number of urea groups is 1. The summed E-state index contributed by atoms with van der Waals surface area (Å²) in [6.07, 6.45) is 2.38. The average molecular weight is 644 g/mol. The van der Waals surface area contributed by atoms with E-state index >= 15 is 0 Å². The monoisotopic (exact) mass is 643 g/mol. The number of carbonyl (C=O) groups is 1. The first kappa shape index (κ1) is 32.8. The molecule has 0 aromatic heterocycles. The van der Waals surface area contributed by atoms with Gasteiger partial charge in [0.2, 0.25) is 5.69 Å². The molecule has 0 saturated carbocycles. The van der Waals surface area contributed by atoms with Gasteiger partial charge in [-0.2, -0.15) is 0 Å². The molecule has 0 radical (unpaired) electrons. The first-order valence-corrected chi connectivity index (χ1v) is 17.0. The minimum absolute atomic E-state index is 0.0387. The fourth-order valence-electron chi connectivity index (χ4n) is 4.58. The molecule has 2 aliphatic rings. The van der Waals surface area contributed by atoms with Gasteiger partial charge in [-0.1, -0.05) is 24.4 Å². The smallest absolute Gasteiger partial charge is 0.330 e. The van der Waals surface area contributed by atoms with Crippen LogP contribution in [0, 0.1) is 6.57 Å². The van der Waals surface area contributed by atoms with Crippen LogP contribution in [0.2, 0.25) is 0 Å². The van der Waals surface area contributed by atoms with E-state index in [1.807, 2.05) is 23.6 Å². The number of benzene rings is 1. The molecule has 13 nitrogen and oxygen atoms in total. The summed E-state index contributed by atoms with van der Waals surface area (Å²) in [6, 6.07) is 2.50. The molecule has 1 saturated heterocycles. The second kappa shape index (κ2) is 13.1. The normalized spacial score (nSPS) is 17.0. The Balaban J connectivity index is 2.02. The van der Waals surface area contributed by atoms with Gasteiger partial charge in [0.15, 0.2) is 0 Å². The maximum absolute atomic E-state index is 13.3. The highest BCUT2D eigenvalue weighted by Gasteiger charge is 2.37. The fraction of sp³-hybridized carbons (Fsp3) is 0.417. The number of thiocarbonyl (C=S) groups is 2. The first-order valence-electron chi connectivity index (χ1n) is 12.6. The number of fused-ring (bicyclic) bond motifs is 1. The number of phenols is 1. The predicted molar refractivity (Wildman–Crippen MR) is 164 cm³/mol. The number of anilines is 2. The van der Waals surface area contributed by atoms with Crippen LogP contribution in [0.5, 0.6) is 5.75 Å². The van der Waals surface area contributed by atoms with Crippen LogP contribution in [0.3, 0.4) is 0 Å². The molecular formula is C24H31N5O8P2S2. The van der Waals surface area contributed by atoms with Gasteiger partial charge >= 0.3 is 21.2 Å². The van der Waals surface area contributed by atoms with Gasteiger partial charge in [0.05, 0.1) is 30.3 Å². The van der Waals surface area contributed by atoms with E-state index in [1.165, 1.54) is 15.9 Å². The van der Waals surface area contributed by atoms with Crippen molar-refractivity contribution in [2.45, 2.75) is 26.7 Å². The molecule has 0 spiro atoms. The van der Waals surface area contributed by atoms with Crippen molar-refractivity contribution in [2.24, 2.45) is 0 Å². The maximum Gasteiger partial charge on any atom is 0.330 e. The van der Waals surface area contributed by atoms with E-state index < -0.39 is 33.5 Å². The summed E-state index contributed by atoms with van der Waals surface area (Å²) in [6.45, 7) is 12.0. The summed E-state index contributed by atoms with van der Waals surface area (Å²) >= 11 is 11.2. The molecule has 41 heavy (non-hydrogen) atoms. The molecule has 1 aromatic rings. The lowest BCUT2D eigenvalue weighted by Gasteiger charge is -2.38. The zero-order valence-corrected chi connectivity index (χ0v) is 25.8. The molecule has 2 heterocycles. The highest BCUT2D eigenvalue weighted by molar-refractivity contribution is 7.83. The predicted octanol–water partition coefficient (Wildman–Crippen LogP) is 3.90. The van der Waals surface area contributed by atoms with E-state index in [4.69, 9.17) is 31.0 Å². The Hall–Kier alpha value is -2.66. The third-order valence-corrected chi connectivity index (χ3v) is 9.11. The Bertz CT molecular complexity index is 1400. The van der Waals surface area contributed by atoms with Crippen molar-refractivity contribution in [1.82, 2.24) is 9.80 Å². The molecule has 2 amide bonds. The molecule has 0 aliphatic carbocycles. The quantitative estimate of drug-likeness (QED) is 0.102. The number of phenolic OH excluding ortho intramolecular Hbond substituents is 1. The number of hydrogen-bond acceptors (Lipinski definition) is 8. The molecule has 3 rings (SSSR count). The van der Waals surface area contributed by atoms with Crippen LogP contribution < -0.4 is 9.80 Å². The van der Waals surface area contributed by atoms with Crippen LogP contribution in [0.1, 0.15) is 26.7 Å². The van der Waals surface area contributed by atoms with E-state index in [1.54, 1.807) is 18.2 Å². The van der Waals surface area contributed by atoms with Crippen molar-refractivity contribution < 1.29 is 38.6 Å². The second-order valence-electron chi connectivity index (χ2n) is 9.22. The van der Waals surface area contributed by atoms with E-state index in [2.05, 4.69) is 4.85 Å². The highest BCUT2D eigenvalue weighted by Crippen LogP contribution is 2.47. The van der Waals surface area contributed by atoms with Gasteiger partial charge < -0.3 is 34.5 Å². The molecule has 0 unspecified atom stereocenters. The number of rotatable bonds is 11. The SMILES string of the molecule is [C-]#[N+]c1cc2c(cc1O)N(CC)C(=CC=C1C(=S)N(CCCP(=O)(O)O)C(=O)N(CCCP(=O)(O)O)C1=S)N2CC. The Labute approximate surface area is 248 Å². The topological polar surface area (TPSA) is 170 Å². The minimum atomic E-state index is -4.32. The van der Waals surface area contributed by atoms with Gasteiger partial charge in [0.25, 0.3) is 0 Å². The Morgan fingerprint density at radius 1 is 0.854 bits per heavy atom. The van der Waals surface area contributed by atoms with Crippen LogP contribution >= 0.6 is 39.6 Å². The van der Waals surface area contributed by atoms with Crippen LogP contribution in [-0.2, 0) is 9.13 Å². The van der Waals surface area contributed by atoms with Gasteiger partial charge in [-0.15, -0.1) is 0 Å². The Kier molecular flexibility index (Phi) is 10.5. The van der Waals surface area contributed by atoms with Crippen molar-refractivity contribution >= 4 is 72.7 Å². The molecule has 1 fully saturated rings. The molecule has 2 aliphatic heterocycles. The standard InChI is InChI=1S/C24H31N5O8P2S2/c1-4-26-18-14-17(25-3)20(30)15-19(18)27(5-2)21(26)9-8-16-22(40)28(10-6-12-38(32,33)34)24(31)29(23(16)41)11-7-13-39(35,36)37/h8-9,14-15,30H,4-7,10-13H2,1-2H3,(H2,32,33,34)(H2,35,36,37). The van der Waals surface area contributed by atoms with Gasteiger partial charge in [-0.3, -0.25) is 18.9 Å². The lowest BCUT2D eigenvalue weighted by atomic mass is 10.1. The summed E-state index contributed by atoms with van der Waals surface area (Å²) in [5, 5.41) is 10.3. The van der Waals surface area contributed by atoms with Crippen LogP contribution in [-0.4, -0.2) is 89.0 Å². The number of nitrogens with zero attached hydrogens (tertiary/aromatic N) is 5. The zero-order chi connectivity index (χ0) is 30.7. The van der Waals surface area contributed by atoms with Gasteiger partial charge in [-0.25, -0.2) is 9.64 Å². The number of aromatic hydroxyl groups is 1. The summed E-state index contributed by atoms with van der Waals surface area (Å²) in [4.78, 5) is 60.0. The summed E-state index contributed by atoms with van der Waals surface area (Å²) in [5.74, 6) is 0.556. The molecule has 0 atom stereocenters. The fourth-order valence-corrected chi connectivity index (χ4v) is 6.42. The second-order valence-corrected chi connectivity index (χ2v) is 13.5. The lowest BCUT2D eigenvalue weighted by Crippen LogP contribution is -2.55. The van der Waals surface area contributed by atoms with Gasteiger partial charge in [0.1, 0.15) is 21.5 Å². The maximum atomic E-state index is 13.3. The van der Waals surface area contributed by atoms with Crippen molar-refractivity contribution in [3.63, 3.8) is 0 Å². The molecule has 222 valence electrons. The average Bonchev–Trinajstić information content (AvgIpc) is 3.17. The van der Waals surface area contributed by atoms with Crippen LogP contribution in [0.25, 0.3) is 4.85 Å². The lowest BCUT2D eigenvalue weighted by molar-refractivity contribution is 0.197. The van der Waals surface area contributed by atoms with Gasteiger partial charge in [-0.05, 0) is 51.0 Å². The Morgan fingerprint density at radius 2 is 1.32 bits per heavy atom. The minimum Gasteiger partial charge on any atom is -0.519 e. The third-order valence-electron chi connectivity index (χ3n) is 6.43. The van der Waals surface area contributed by atoms with Crippen LogP contribution in [0.15, 0.2) is 35.7 Å². The largest absolute Gasteiger partial charge is 0.519 e. The third kappa shape index (κ3) is 7.60. The van der Waals surface area contributed by atoms with Crippen molar-refractivity contribution in [1.29, 1.82) is 0 Å². The Morgan fingerprint density at radius 3 is 1.73 bits per heavy atom. The number of hydrogen-bond donors (Lipinski definition) is 5. The summed E-state index contributed by atoms with van der Waals surface area (Å²) < 4.78 is 22.7. The zero-order valence-electron chi connectivity index (χ0n) is 22.4. The molecule has 0 bridgehead atoms. The molecule has 17 heteroatoms. The van der Waals surface area contributed by atoms with E-state index in [0.717, 1.165) is 5.69 Å². The van der Waals surface area contributed by atoms with E-state index in [9.17, 15) is 38.6 Å². The number of amides is 2. The van der Waals surface area contributed by atoms with Crippen molar-refractivity contribution in [3.8, 4) is 5.75 Å². The number of carbonyl (C=O) groups excluding carboxylic acids is 1. The molecule has 5 N–H and O–H groups in total. The summed E-state index contributed by atoms with van der Waals surface area (Å²) in [5.41, 5.74) is 1.85. The summed E-state index contributed by atoms with van der Waals surface area (Å²) in [7, 11) is -8.63. The van der Waals surface area contributed by atoms with E-state index in [-0.39, 0.29) is 47.3 Å². The highest BCUT2D eigenvalue weighted by atomic mass is 32.1.